The Bertz CT molecular complexity index is 663. The first-order valence-electron chi connectivity index (χ1n) is 5.87. The zero-order valence-corrected chi connectivity index (χ0v) is 11.7. The van der Waals surface area contributed by atoms with Gasteiger partial charge in [-0.25, -0.2) is 0 Å². The Morgan fingerprint density at radius 3 is 2.84 bits per heavy atom. The first-order chi connectivity index (χ1) is 9.04. The molecule has 0 saturated carbocycles. The van der Waals surface area contributed by atoms with Crippen molar-refractivity contribution >= 4 is 34.8 Å². The van der Waals surface area contributed by atoms with Gasteiger partial charge in [-0.15, -0.1) is 11.6 Å². The minimum Gasteiger partial charge on any atom is -0.464 e. The number of carbonyl (C=O) groups is 1. The Labute approximate surface area is 120 Å². The number of carbonyl (C=O) groups excluding carboxylic acids is 1. The van der Waals surface area contributed by atoms with Crippen molar-refractivity contribution in [3.63, 3.8) is 0 Å². The molecule has 0 bridgehead atoms. The van der Waals surface area contributed by atoms with Crippen LogP contribution in [0.2, 0.25) is 5.02 Å². The lowest BCUT2D eigenvalue weighted by molar-refractivity contribution is -0.115. The van der Waals surface area contributed by atoms with Crippen LogP contribution in [0.5, 0.6) is 0 Å². The van der Waals surface area contributed by atoms with Gasteiger partial charge in [-0.2, -0.15) is 0 Å². The minimum atomic E-state index is -0.456. The second-order valence-electron chi connectivity index (χ2n) is 4.57. The number of furan rings is 1. The molecule has 19 heavy (non-hydrogen) atoms. The maximum Gasteiger partial charge on any atom is 0.228 e. The first kappa shape index (κ1) is 12.6. The van der Waals surface area contributed by atoms with Gasteiger partial charge in [0.25, 0.3) is 0 Å². The molecule has 0 spiro atoms. The van der Waals surface area contributed by atoms with Crippen LogP contribution in [0.1, 0.15) is 28.0 Å². The molecule has 0 saturated heterocycles. The van der Waals surface area contributed by atoms with E-state index in [0.29, 0.717) is 17.2 Å². The summed E-state index contributed by atoms with van der Waals surface area (Å²) in [6.45, 7) is 1.86. The molecule has 1 aromatic heterocycles. The molecular formula is C14H11Cl2NO2. The van der Waals surface area contributed by atoms with E-state index in [9.17, 15) is 4.79 Å². The van der Waals surface area contributed by atoms with Crippen LogP contribution in [-0.2, 0) is 11.2 Å². The lowest BCUT2D eigenvalue weighted by Gasteiger charge is -2.11. The number of halogens is 2. The molecule has 1 aromatic carbocycles. The second kappa shape index (κ2) is 4.58. The normalized spacial score (nSPS) is 15.2. The van der Waals surface area contributed by atoms with Crippen molar-refractivity contribution in [2.45, 2.75) is 18.7 Å². The van der Waals surface area contributed by atoms with Gasteiger partial charge in [0.05, 0.1) is 6.42 Å². The van der Waals surface area contributed by atoms with Crippen molar-refractivity contribution in [1.82, 2.24) is 0 Å². The summed E-state index contributed by atoms with van der Waals surface area (Å²) in [6.07, 6.45) is 0.361. The van der Waals surface area contributed by atoms with Crippen LogP contribution in [0.3, 0.4) is 0 Å². The van der Waals surface area contributed by atoms with Crippen LogP contribution in [0, 0.1) is 6.92 Å². The summed E-state index contributed by atoms with van der Waals surface area (Å²) >= 11 is 12.6. The number of nitrogens with one attached hydrogen (secondary N) is 1. The lowest BCUT2D eigenvalue weighted by Crippen LogP contribution is -2.03. The summed E-state index contributed by atoms with van der Waals surface area (Å²) in [6, 6.07) is 7.30. The fraction of sp³-hybridized carbons (Fsp3) is 0.214. The molecule has 5 heteroatoms. The highest BCUT2D eigenvalue weighted by Gasteiger charge is 2.24. The van der Waals surface area contributed by atoms with Crippen molar-refractivity contribution in [2.75, 3.05) is 5.32 Å². The highest BCUT2D eigenvalue weighted by molar-refractivity contribution is 6.33. The molecular weight excluding hydrogens is 285 g/mol. The van der Waals surface area contributed by atoms with Crippen LogP contribution in [0.25, 0.3) is 0 Å². The molecule has 1 aliphatic heterocycles. The third kappa shape index (κ3) is 2.24. The summed E-state index contributed by atoms with van der Waals surface area (Å²) in [7, 11) is 0. The summed E-state index contributed by atoms with van der Waals surface area (Å²) in [4.78, 5) is 11.4. The number of rotatable bonds is 2. The monoisotopic (exact) mass is 295 g/mol. The van der Waals surface area contributed by atoms with Gasteiger partial charge in [0.15, 0.2) is 0 Å². The Hall–Kier alpha value is -1.45. The molecule has 3 rings (SSSR count). The smallest absolute Gasteiger partial charge is 0.228 e. The van der Waals surface area contributed by atoms with Gasteiger partial charge in [-0.05, 0) is 42.3 Å². The number of amides is 1. The second-order valence-corrected chi connectivity index (χ2v) is 5.41. The topological polar surface area (TPSA) is 42.2 Å². The minimum absolute atomic E-state index is 0.0248. The van der Waals surface area contributed by atoms with E-state index < -0.39 is 5.38 Å². The summed E-state index contributed by atoms with van der Waals surface area (Å²) < 4.78 is 5.52. The van der Waals surface area contributed by atoms with E-state index in [0.717, 1.165) is 22.6 Å². The van der Waals surface area contributed by atoms with Gasteiger partial charge in [0, 0.05) is 10.7 Å². The zero-order valence-electron chi connectivity index (χ0n) is 10.2. The molecule has 1 atom stereocenters. The third-order valence-electron chi connectivity index (χ3n) is 3.13. The van der Waals surface area contributed by atoms with E-state index in [-0.39, 0.29) is 5.91 Å². The molecule has 2 heterocycles. The van der Waals surface area contributed by atoms with Crippen LogP contribution < -0.4 is 5.32 Å². The first-order valence-corrected chi connectivity index (χ1v) is 6.68. The van der Waals surface area contributed by atoms with E-state index in [1.165, 1.54) is 0 Å². The summed E-state index contributed by atoms with van der Waals surface area (Å²) in [5, 5.41) is 2.83. The standard InChI is InChI=1S/C14H11Cl2NO2/c1-7-2-3-12(19-7)14(16)9-4-8-5-13(18)17-11(8)6-10(9)15/h2-4,6,14H,5H2,1H3,(H,17,18). The molecule has 1 N–H and O–H groups in total. The van der Waals surface area contributed by atoms with Gasteiger partial charge >= 0.3 is 0 Å². The molecule has 0 aliphatic carbocycles. The molecule has 1 amide bonds. The van der Waals surface area contributed by atoms with Crippen LogP contribution in [0.4, 0.5) is 5.69 Å². The number of hydrogen-bond acceptors (Lipinski definition) is 2. The molecule has 3 nitrogen and oxygen atoms in total. The van der Waals surface area contributed by atoms with Gasteiger partial charge in [-0.1, -0.05) is 11.6 Å². The summed E-state index contributed by atoms with van der Waals surface area (Å²) in [5.41, 5.74) is 2.43. The molecule has 0 fully saturated rings. The Morgan fingerprint density at radius 1 is 1.37 bits per heavy atom. The SMILES string of the molecule is Cc1ccc(C(Cl)c2cc3c(cc2Cl)NC(=O)C3)o1. The van der Waals surface area contributed by atoms with Crippen LogP contribution in [-0.4, -0.2) is 5.91 Å². The van der Waals surface area contributed by atoms with Crippen molar-refractivity contribution in [2.24, 2.45) is 0 Å². The Morgan fingerprint density at radius 2 is 2.16 bits per heavy atom. The van der Waals surface area contributed by atoms with E-state index in [4.69, 9.17) is 27.6 Å². The number of alkyl halides is 1. The van der Waals surface area contributed by atoms with Gasteiger partial charge in [0.1, 0.15) is 16.9 Å². The maximum atomic E-state index is 11.4. The third-order valence-corrected chi connectivity index (χ3v) is 3.91. The predicted molar refractivity (Wildman–Crippen MR) is 74.9 cm³/mol. The van der Waals surface area contributed by atoms with E-state index >= 15 is 0 Å². The van der Waals surface area contributed by atoms with E-state index in [2.05, 4.69) is 5.32 Å². The Balaban J connectivity index is 2.02. The van der Waals surface area contributed by atoms with Crippen molar-refractivity contribution in [3.8, 4) is 0 Å². The van der Waals surface area contributed by atoms with E-state index in [1.807, 2.05) is 25.1 Å². The maximum absolute atomic E-state index is 11.4. The van der Waals surface area contributed by atoms with Gasteiger partial charge < -0.3 is 9.73 Å². The average Bonchev–Trinajstić information content (AvgIpc) is 2.92. The highest BCUT2D eigenvalue weighted by Crippen LogP contribution is 2.38. The predicted octanol–water partition coefficient (Wildman–Crippen LogP) is 4.06. The quantitative estimate of drug-likeness (QED) is 0.849. The van der Waals surface area contributed by atoms with E-state index in [1.54, 1.807) is 6.07 Å². The van der Waals surface area contributed by atoms with Gasteiger partial charge in [0.2, 0.25) is 5.91 Å². The fourth-order valence-corrected chi connectivity index (χ4v) is 2.83. The van der Waals surface area contributed by atoms with Crippen molar-refractivity contribution in [1.29, 1.82) is 0 Å². The van der Waals surface area contributed by atoms with Gasteiger partial charge in [-0.3, -0.25) is 4.79 Å². The molecule has 0 radical (unpaired) electrons. The largest absolute Gasteiger partial charge is 0.464 e. The zero-order chi connectivity index (χ0) is 13.6. The van der Waals surface area contributed by atoms with Crippen LogP contribution in [0.15, 0.2) is 28.7 Å². The highest BCUT2D eigenvalue weighted by atomic mass is 35.5. The molecule has 2 aromatic rings. The van der Waals surface area contributed by atoms with Crippen molar-refractivity contribution in [3.05, 3.63) is 51.9 Å². The van der Waals surface area contributed by atoms with Crippen LogP contribution >= 0.6 is 23.2 Å². The number of benzene rings is 1. The van der Waals surface area contributed by atoms with Crippen molar-refractivity contribution < 1.29 is 9.21 Å². The molecule has 1 unspecified atom stereocenters. The average molecular weight is 296 g/mol. The summed E-state index contributed by atoms with van der Waals surface area (Å²) in [5.74, 6) is 1.43. The number of fused-ring (bicyclic) bond motifs is 1. The number of aryl methyl sites for hydroxylation is 1. The Kier molecular flexibility index (Phi) is 3.03. The fourth-order valence-electron chi connectivity index (χ4n) is 2.20. The number of hydrogen-bond donors (Lipinski definition) is 1. The number of anilines is 1. The lowest BCUT2D eigenvalue weighted by atomic mass is 10.0. The molecule has 1 aliphatic rings. The molecule has 98 valence electrons.